The van der Waals surface area contributed by atoms with Crippen LogP contribution in [-0.2, 0) is 16.0 Å². The first-order valence-corrected chi connectivity index (χ1v) is 7.68. The molecule has 1 aromatic carbocycles. The molecule has 4 heteroatoms. The molecule has 1 atom stereocenters. The van der Waals surface area contributed by atoms with Gasteiger partial charge in [0.25, 0.3) is 0 Å². The molecule has 1 aliphatic carbocycles. The van der Waals surface area contributed by atoms with Gasteiger partial charge in [-0.3, -0.25) is 4.79 Å². The molecule has 1 aromatic rings. The number of benzene rings is 1. The Morgan fingerprint density at radius 1 is 1.53 bits per heavy atom. The average molecular weight is 326 g/mol. The first kappa shape index (κ1) is 14.5. The summed E-state index contributed by atoms with van der Waals surface area (Å²) in [5.74, 6) is -0.0983. The molecule has 0 radical (unpaired) electrons. The van der Waals surface area contributed by atoms with E-state index in [2.05, 4.69) is 39.4 Å². The summed E-state index contributed by atoms with van der Waals surface area (Å²) in [4.78, 5) is 11.2. The maximum Gasteiger partial charge on any atom is 0.305 e. The van der Waals surface area contributed by atoms with Crippen LogP contribution in [0.15, 0.2) is 22.7 Å². The van der Waals surface area contributed by atoms with Crippen molar-refractivity contribution in [2.75, 3.05) is 13.2 Å². The number of carbonyl (C=O) groups is 1. The summed E-state index contributed by atoms with van der Waals surface area (Å²) in [6, 6.07) is 6.80. The fraction of sp³-hybridized carbons (Fsp3) is 0.533. The van der Waals surface area contributed by atoms with E-state index in [4.69, 9.17) is 4.74 Å². The van der Waals surface area contributed by atoms with E-state index in [1.54, 1.807) is 0 Å². The van der Waals surface area contributed by atoms with Crippen molar-refractivity contribution >= 4 is 21.9 Å². The summed E-state index contributed by atoms with van der Waals surface area (Å²) in [6.45, 7) is 3.16. The quantitative estimate of drug-likeness (QED) is 0.643. The van der Waals surface area contributed by atoms with Gasteiger partial charge in [0.05, 0.1) is 6.61 Å². The lowest BCUT2D eigenvalue weighted by atomic mass is 10.1. The molecule has 0 aliphatic heterocycles. The number of esters is 1. The van der Waals surface area contributed by atoms with E-state index in [9.17, 15) is 4.79 Å². The molecule has 104 valence electrons. The normalized spacial score (nSPS) is 17.3. The van der Waals surface area contributed by atoms with Crippen LogP contribution in [0.1, 0.15) is 43.4 Å². The second kappa shape index (κ2) is 7.06. The van der Waals surface area contributed by atoms with Crippen LogP contribution in [0.25, 0.3) is 0 Å². The van der Waals surface area contributed by atoms with Crippen LogP contribution >= 0.6 is 15.9 Å². The van der Waals surface area contributed by atoms with Crippen LogP contribution in [0, 0.1) is 0 Å². The van der Waals surface area contributed by atoms with Gasteiger partial charge in [-0.15, -0.1) is 0 Å². The summed E-state index contributed by atoms with van der Waals surface area (Å²) >= 11 is 3.60. The lowest BCUT2D eigenvalue weighted by Gasteiger charge is -2.14. The molecule has 1 aliphatic rings. The minimum Gasteiger partial charge on any atom is -0.466 e. The van der Waals surface area contributed by atoms with E-state index in [1.807, 2.05) is 6.92 Å². The Labute approximate surface area is 122 Å². The third-order valence-corrected chi connectivity index (χ3v) is 4.21. The van der Waals surface area contributed by atoms with Crippen LogP contribution in [0.3, 0.4) is 0 Å². The number of fused-ring (bicyclic) bond motifs is 1. The highest BCUT2D eigenvalue weighted by molar-refractivity contribution is 9.10. The molecule has 0 saturated carbocycles. The van der Waals surface area contributed by atoms with Crippen molar-refractivity contribution in [3.05, 3.63) is 33.8 Å². The molecule has 0 fully saturated rings. The molecule has 0 saturated heterocycles. The molecule has 0 spiro atoms. The zero-order chi connectivity index (χ0) is 13.7. The van der Waals surface area contributed by atoms with Crippen molar-refractivity contribution in [2.45, 2.75) is 38.6 Å². The lowest BCUT2D eigenvalue weighted by molar-refractivity contribution is -0.143. The van der Waals surface area contributed by atoms with Gasteiger partial charge in [-0.05, 0) is 49.9 Å². The zero-order valence-corrected chi connectivity index (χ0v) is 12.8. The summed E-state index contributed by atoms with van der Waals surface area (Å²) in [6.07, 6.45) is 3.58. The minimum absolute atomic E-state index is 0.0983. The van der Waals surface area contributed by atoms with Gasteiger partial charge in [-0.25, -0.2) is 0 Å². The van der Waals surface area contributed by atoms with Crippen molar-refractivity contribution in [2.24, 2.45) is 0 Å². The SMILES string of the molecule is CCOC(=O)CCCNC1CCc2c(Br)cccc21. The lowest BCUT2D eigenvalue weighted by Crippen LogP contribution is -2.21. The van der Waals surface area contributed by atoms with Crippen molar-refractivity contribution in [1.82, 2.24) is 5.32 Å². The highest BCUT2D eigenvalue weighted by atomic mass is 79.9. The predicted octanol–water partition coefficient (Wildman–Crippen LogP) is 3.37. The maximum absolute atomic E-state index is 11.2. The Kier molecular flexibility index (Phi) is 5.40. The molecule has 0 bridgehead atoms. The van der Waals surface area contributed by atoms with Crippen molar-refractivity contribution in [1.29, 1.82) is 0 Å². The maximum atomic E-state index is 11.2. The molecule has 0 amide bonds. The fourth-order valence-electron chi connectivity index (χ4n) is 2.56. The summed E-state index contributed by atoms with van der Waals surface area (Å²) in [7, 11) is 0. The molecule has 1 N–H and O–H groups in total. The molecule has 1 unspecified atom stereocenters. The van der Waals surface area contributed by atoms with E-state index in [0.29, 0.717) is 19.1 Å². The summed E-state index contributed by atoms with van der Waals surface area (Å²) in [5, 5.41) is 3.53. The Bertz CT molecular complexity index is 448. The second-order valence-corrected chi connectivity index (χ2v) is 5.62. The molecule has 0 heterocycles. The number of rotatable bonds is 6. The second-order valence-electron chi connectivity index (χ2n) is 4.76. The van der Waals surface area contributed by atoms with Gasteiger partial charge >= 0.3 is 5.97 Å². The minimum atomic E-state index is -0.0983. The van der Waals surface area contributed by atoms with E-state index >= 15 is 0 Å². The third kappa shape index (κ3) is 3.80. The van der Waals surface area contributed by atoms with Gasteiger partial charge in [0.15, 0.2) is 0 Å². The number of nitrogens with one attached hydrogen (secondary N) is 1. The van der Waals surface area contributed by atoms with Crippen LogP contribution in [0.2, 0.25) is 0 Å². The van der Waals surface area contributed by atoms with Crippen molar-refractivity contribution < 1.29 is 9.53 Å². The van der Waals surface area contributed by atoms with Gasteiger partial charge in [0, 0.05) is 16.9 Å². The molecular formula is C15H20BrNO2. The highest BCUT2D eigenvalue weighted by Crippen LogP contribution is 2.35. The molecule has 2 rings (SSSR count). The van der Waals surface area contributed by atoms with E-state index in [-0.39, 0.29) is 5.97 Å². The zero-order valence-electron chi connectivity index (χ0n) is 11.2. The Balaban J connectivity index is 1.77. The number of carbonyl (C=O) groups excluding carboxylic acids is 1. The smallest absolute Gasteiger partial charge is 0.305 e. The van der Waals surface area contributed by atoms with E-state index in [0.717, 1.165) is 25.8 Å². The molecule has 3 nitrogen and oxygen atoms in total. The Hall–Kier alpha value is -0.870. The Morgan fingerprint density at radius 3 is 3.16 bits per heavy atom. The highest BCUT2D eigenvalue weighted by Gasteiger charge is 2.23. The van der Waals surface area contributed by atoms with Crippen LogP contribution < -0.4 is 5.32 Å². The van der Waals surface area contributed by atoms with Gasteiger partial charge < -0.3 is 10.1 Å². The third-order valence-electron chi connectivity index (χ3n) is 3.47. The van der Waals surface area contributed by atoms with Crippen LogP contribution in [-0.4, -0.2) is 19.1 Å². The van der Waals surface area contributed by atoms with Gasteiger partial charge in [-0.1, -0.05) is 28.1 Å². The van der Waals surface area contributed by atoms with E-state index in [1.165, 1.54) is 15.6 Å². The number of hydrogen-bond acceptors (Lipinski definition) is 3. The first-order chi connectivity index (χ1) is 9.22. The number of hydrogen-bond donors (Lipinski definition) is 1. The predicted molar refractivity (Wildman–Crippen MR) is 79.1 cm³/mol. The summed E-state index contributed by atoms with van der Waals surface area (Å²) < 4.78 is 6.12. The molecular weight excluding hydrogens is 306 g/mol. The average Bonchev–Trinajstić information content (AvgIpc) is 2.80. The fourth-order valence-corrected chi connectivity index (χ4v) is 3.14. The van der Waals surface area contributed by atoms with Crippen molar-refractivity contribution in [3.8, 4) is 0 Å². The molecule has 0 aromatic heterocycles. The number of ether oxygens (including phenoxy) is 1. The van der Waals surface area contributed by atoms with Crippen LogP contribution in [0.4, 0.5) is 0 Å². The summed E-state index contributed by atoms with van der Waals surface area (Å²) in [5.41, 5.74) is 2.82. The van der Waals surface area contributed by atoms with Gasteiger partial charge in [0.2, 0.25) is 0 Å². The van der Waals surface area contributed by atoms with Crippen molar-refractivity contribution in [3.63, 3.8) is 0 Å². The molecule has 19 heavy (non-hydrogen) atoms. The van der Waals surface area contributed by atoms with E-state index < -0.39 is 0 Å². The topological polar surface area (TPSA) is 38.3 Å². The Morgan fingerprint density at radius 2 is 2.37 bits per heavy atom. The van der Waals surface area contributed by atoms with Gasteiger partial charge in [0.1, 0.15) is 0 Å². The monoisotopic (exact) mass is 325 g/mol. The number of halogens is 1. The van der Waals surface area contributed by atoms with Crippen LogP contribution in [0.5, 0.6) is 0 Å². The first-order valence-electron chi connectivity index (χ1n) is 6.88. The largest absolute Gasteiger partial charge is 0.466 e. The van der Waals surface area contributed by atoms with Gasteiger partial charge in [-0.2, -0.15) is 0 Å². The standard InChI is InChI=1S/C15H20BrNO2/c1-2-19-15(18)7-4-10-17-14-9-8-11-12(14)5-3-6-13(11)16/h3,5-6,14,17H,2,4,7-10H2,1H3.